The SMILES string of the molecule is Cc1ccccc1N(c1ccccc1)c1cccc(N(c2ccccc2)c2ccccc2C)c1C. The van der Waals surface area contributed by atoms with Crippen molar-refractivity contribution >= 4 is 34.1 Å². The molecule has 0 heterocycles. The highest BCUT2D eigenvalue weighted by molar-refractivity contribution is 5.87. The van der Waals surface area contributed by atoms with Gasteiger partial charge >= 0.3 is 0 Å². The molecule has 0 radical (unpaired) electrons. The molecule has 5 aromatic rings. The van der Waals surface area contributed by atoms with E-state index in [1.807, 2.05) is 0 Å². The Kier molecular flexibility index (Phi) is 6.36. The van der Waals surface area contributed by atoms with Crippen LogP contribution >= 0.6 is 0 Å². The van der Waals surface area contributed by atoms with Crippen molar-refractivity contribution in [2.45, 2.75) is 20.8 Å². The zero-order valence-corrected chi connectivity index (χ0v) is 20.5. The monoisotopic (exact) mass is 454 g/mol. The first-order valence-corrected chi connectivity index (χ1v) is 12.1. The third-order valence-corrected chi connectivity index (χ3v) is 6.50. The van der Waals surface area contributed by atoms with E-state index in [1.54, 1.807) is 0 Å². The standard InChI is InChI=1S/C33H30N2/c1-25-15-10-12-21-30(25)34(28-17-6-4-7-18-28)32-23-14-24-33(27(32)3)35(29-19-8-5-9-20-29)31-22-13-11-16-26(31)2/h4-24H,1-3H3. The van der Waals surface area contributed by atoms with Gasteiger partial charge in [-0.15, -0.1) is 0 Å². The van der Waals surface area contributed by atoms with Gasteiger partial charge in [0.2, 0.25) is 0 Å². The van der Waals surface area contributed by atoms with Crippen LogP contribution in [0.1, 0.15) is 16.7 Å². The van der Waals surface area contributed by atoms with Gasteiger partial charge in [0.05, 0.1) is 11.4 Å². The van der Waals surface area contributed by atoms with Crippen LogP contribution in [-0.4, -0.2) is 0 Å². The lowest BCUT2D eigenvalue weighted by Gasteiger charge is -2.33. The summed E-state index contributed by atoms with van der Waals surface area (Å²) < 4.78 is 0. The molecule has 0 unspecified atom stereocenters. The molecule has 0 bridgehead atoms. The Morgan fingerprint density at radius 1 is 0.343 bits per heavy atom. The number of para-hydroxylation sites is 4. The van der Waals surface area contributed by atoms with Crippen molar-refractivity contribution in [2.24, 2.45) is 0 Å². The molecular weight excluding hydrogens is 424 g/mol. The topological polar surface area (TPSA) is 6.48 Å². The Labute approximate surface area is 208 Å². The molecule has 0 spiro atoms. The average Bonchev–Trinajstić information content (AvgIpc) is 2.90. The van der Waals surface area contributed by atoms with Crippen LogP contribution in [0.15, 0.2) is 127 Å². The van der Waals surface area contributed by atoms with Crippen LogP contribution in [0.4, 0.5) is 34.1 Å². The van der Waals surface area contributed by atoms with Crippen molar-refractivity contribution in [3.8, 4) is 0 Å². The van der Waals surface area contributed by atoms with Gasteiger partial charge in [0.15, 0.2) is 0 Å². The molecule has 5 rings (SSSR count). The predicted octanol–water partition coefficient (Wildman–Crippen LogP) is 9.55. The highest BCUT2D eigenvalue weighted by atomic mass is 15.2. The molecule has 2 heteroatoms. The van der Waals surface area contributed by atoms with Gasteiger partial charge in [0.25, 0.3) is 0 Å². The summed E-state index contributed by atoms with van der Waals surface area (Å²) in [6, 6.07) is 45.0. The van der Waals surface area contributed by atoms with E-state index in [0.717, 1.165) is 22.7 Å². The second-order valence-corrected chi connectivity index (χ2v) is 8.84. The normalized spacial score (nSPS) is 10.7. The molecule has 0 aliphatic heterocycles. The summed E-state index contributed by atoms with van der Waals surface area (Å²) in [5.41, 5.74) is 10.7. The highest BCUT2D eigenvalue weighted by Gasteiger charge is 2.21. The quantitative estimate of drug-likeness (QED) is 0.252. The molecule has 0 fully saturated rings. The van der Waals surface area contributed by atoms with Crippen LogP contribution in [0.25, 0.3) is 0 Å². The maximum Gasteiger partial charge on any atom is 0.0511 e. The second kappa shape index (κ2) is 9.90. The molecule has 0 saturated heterocycles. The van der Waals surface area contributed by atoms with Crippen LogP contribution in [-0.2, 0) is 0 Å². The van der Waals surface area contributed by atoms with Crippen molar-refractivity contribution in [2.75, 3.05) is 9.80 Å². The van der Waals surface area contributed by atoms with Crippen LogP contribution < -0.4 is 9.80 Å². The Bertz CT molecular complexity index is 1320. The third kappa shape index (κ3) is 4.43. The van der Waals surface area contributed by atoms with Crippen LogP contribution in [0, 0.1) is 20.8 Å². The smallest absolute Gasteiger partial charge is 0.0511 e. The van der Waals surface area contributed by atoms with Gasteiger partial charge in [0.1, 0.15) is 0 Å². The number of nitrogens with zero attached hydrogens (tertiary/aromatic N) is 2. The number of hydrogen-bond acceptors (Lipinski definition) is 2. The van der Waals surface area contributed by atoms with Gasteiger partial charge in [-0.25, -0.2) is 0 Å². The lowest BCUT2D eigenvalue weighted by molar-refractivity contribution is 1.19. The van der Waals surface area contributed by atoms with E-state index in [4.69, 9.17) is 0 Å². The molecular formula is C33H30N2. The second-order valence-electron chi connectivity index (χ2n) is 8.84. The maximum atomic E-state index is 2.37. The molecule has 2 nitrogen and oxygen atoms in total. The Morgan fingerprint density at radius 2 is 0.686 bits per heavy atom. The minimum Gasteiger partial charge on any atom is -0.310 e. The van der Waals surface area contributed by atoms with Gasteiger partial charge in [-0.3, -0.25) is 0 Å². The van der Waals surface area contributed by atoms with E-state index in [2.05, 4.69) is 158 Å². The summed E-state index contributed by atoms with van der Waals surface area (Å²) in [5.74, 6) is 0. The predicted molar refractivity (Wildman–Crippen MR) is 150 cm³/mol. The lowest BCUT2D eigenvalue weighted by atomic mass is 10.0. The Balaban J connectivity index is 1.74. The Morgan fingerprint density at radius 3 is 1.09 bits per heavy atom. The first-order valence-electron chi connectivity index (χ1n) is 12.1. The van der Waals surface area contributed by atoms with Crippen molar-refractivity contribution in [3.05, 3.63) is 144 Å². The highest BCUT2D eigenvalue weighted by Crippen LogP contribution is 2.44. The Hall–Kier alpha value is -4.30. The lowest BCUT2D eigenvalue weighted by Crippen LogP contribution is -2.16. The van der Waals surface area contributed by atoms with E-state index < -0.39 is 0 Å². The summed E-state index contributed by atoms with van der Waals surface area (Å²) >= 11 is 0. The van der Waals surface area contributed by atoms with Gasteiger partial charge in [-0.2, -0.15) is 0 Å². The van der Waals surface area contributed by atoms with E-state index in [-0.39, 0.29) is 0 Å². The first-order chi connectivity index (χ1) is 17.1. The molecule has 0 amide bonds. The molecule has 35 heavy (non-hydrogen) atoms. The zero-order valence-electron chi connectivity index (χ0n) is 20.5. The minimum atomic E-state index is 1.14. The van der Waals surface area contributed by atoms with Crippen LogP contribution in [0.3, 0.4) is 0 Å². The third-order valence-electron chi connectivity index (χ3n) is 6.50. The number of rotatable bonds is 6. The summed E-state index contributed by atoms with van der Waals surface area (Å²) in [6.45, 7) is 6.58. The van der Waals surface area contributed by atoms with Crippen LogP contribution in [0.2, 0.25) is 0 Å². The van der Waals surface area contributed by atoms with Crippen molar-refractivity contribution in [1.29, 1.82) is 0 Å². The average molecular weight is 455 g/mol. The number of anilines is 6. The zero-order chi connectivity index (χ0) is 24.2. The largest absolute Gasteiger partial charge is 0.310 e. The van der Waals surface area contributed by atoms with Crippen molar-refractivity contribution in [1.82, 2.24) is 0 Å². The van der Waals surface area contributed by atoms with E-state index in [0.29, 0.717) is 0 Å². The number of benzene rings is 5. The molecule has 172 valence electrons. The molecule has 5 aromatic carbocycles. The van der Waals surface area contributed by atoms with E-state index in [1.165, 1.54) is 28.1 Å². The summed E-state index contributed by atoms with van der Waals surface area (Å²) in [7, 11) is 0. The van der Waals surface area contributed by atoms with E-state index >= 15 is 0 Å². The summed E-state index contributed by atoms with van der Waals surface area (Å²) in [5, 5.41) is 0. The molecule has 0 aliphatic rings. The number of aryl methyl sites for hydroxylation is 2. The molecule has 0 aromatic heterocycles. The number of hydrogen-bond donors (Lipinski definition) is 0. The van der Waals surface area contributed by atoms with Gasteiger partial charge in [-0.05, 0) is 86.0 Å². The van der Waals surface area contributed by atoms with Gasteiger partial charge in [-0.1, -0.05) is 78.9 Å². The van der Waals surface area contributed by atoms with E-state index in [9.17, 15) is 0 Å². The molecule has 0 N–H and O–H groups in total. The fourth-order valence-electron chi connectivity index (χ4n) is 4.69. The fourth-order valence-corrected chi connectivity index (χ4v) is 4.69. The van der Waals surface area contributed by atoms with Gasteiger partial charge in [0, 0.05) is 22.7 Å². The fraction of sp³-hybridized carbons (Fsp3) is 0.0909. The summed E-state index contributed by atoms with van der Waals surface area (Å²) in [4.78, 5) is 4.74. The van der Waals surface area contributed by atoms with Crippen molar-refractivity contribution < 1.29 is 0 Å². The molecule has 0 saturated carbocycles. The molecule has 0 atom stereocenters. The maximum absolute atomic E-state index is 2.37. The minimum absolute atomic E-state index is 1.14. The van der Waals surface area contributed by atoms with Crippen LogP contribution in [0.5, 0.6) is 0 Å². The summed E-state index contributed by atoms with van der Waals surface area (Å²) in [6.07, 6.45) is 0. The van der Waals surface area contributed by atoms with Gasteiger partial charge < -0.3 is 9.80 Å². The first kappa shape index (κ1) is 22.5. The molecule has 0 aliphatic carbocycles. The van der Waals surface area contributed by atoms with Crippen molar-refractivity contribution in [3.63, 3.8) is 0 Å².